The molecule has 30 nitrogen and oxygen atoms in total. The van der Waals surface area contributed by atoms with Crippen LogP contribution in [0.25, 0.3) is 33.7 Å². The van der Waals surface area contributed by atoms with Crippen molar-refractivity contribution in [1.29, 1.82) is 0 Å². The summed E-state index contributed by atoms with van der Waals surface area (Å²) in [7, 11) is -9.88. The van der Waals surface area contributed by atoms with Crippen molar-refractivity contribution < 1.29 is 98.5 Å². The van der Waals surface area contributed by atoms with E-state index in [1.807, 2.05) is 4.72 Å². The van der Waals surface area contributed by atoms with Crippen molar-refractivity contribution in [2.24, 2.45) is 0 Å². The number of amides is 2. The summed E-state index contributed by atoms with van der Waals surface area (Å²) in [5, 5.41) is 86.7. The summed E-state index contributed by atoms with van der Waals surface area (Å²) in [6, 6.07) is 8.04. The van der Waals surface area contributed by atoms with Crippen LogP contribution in [0.5, 0.6) is 0 Å². The number of anilines is 2. The van der Waals surface area contributed by atoms with Gasteiger partial charge in [0.25, 0.3) is 0 Å². The minimum atomic E-state index is -5.07. The fourth-order valence-corrected chi connectivity index (χ4v) is 11.8. The number of aliphatic hydroxyl groups is 8. The van der Waals surface area contributed by atoms with E-state index in [-0.39, 0.29) is 56.5 Å². The van der Waals surface area contributed by atoms with Crippen LogP contribution in [-0.4, -0.2) is 170 Å². The molecule has 6 aromatic rings. The molecule has 6 heterocycles. The van der Waals surface area contributed by atoms with E-state index in [2.05, 4.69) is 29.9 Å². The number of nitrogens with zero attached hydrogens (tertiary/aromatic N) is 8. The number of aromatic nitrogens is 8. The zero-order valence-electron chi connectivity index (χ0n) is 40.6. The van der Waals surface area contributed by atoms with Crippen LogP contribution in [-0.2, 0) is 55.0 Å². The molecule has 2 amide bonds. The topological polar surface area (TPSA) is 467 Å². The average molecular weight is 1170 g/mol. The second kappa shape index (κ2) is 20.0. The Labute approximate surface area is 446 Å². The summed E-state index contributed by atoms with van der Waals surface area (Å²) in [5.41, 5.74) is 3.70. The normalized spacial score (nSPS) is 29.8. The lowest BCUT2D eigenvalue weighted by molar-refractivity contribution is -0.226. The summed E-state index contributed by atoms with van der Waals surface area (Å²) < 4.78 is 137. The first kappa shape index (κ1) is 56.5. The number of nitrogens with two attached hydrogens (primary N) is 2. The van der Waals surface area contributed by atoms with Crippen LogP contribution in [0.15, 0.2) is 61.4 Å². The number of hydrogen-bond acceptors (Lipinski definition) is 25. The first-order chi connectivity index (χ1) is 37.5. The van der Waals surface area contributed by atoms with E-state index in [1.54, 1.807) is 4.72 Å². The molecule has 36 heteroatoms. The minimum Gasteiger partial charge on any atom is -0.387 e. The smallest absolute Gasteiger partial charge is 0.362 e. The number of fused-ring (bicyclic) bond motifs is 4. The van der Waals surface area contributed by atoms with Gasteiger partial charge >= 0.3 is 32.4 Å². The van der Waals surface area contributed by atoms with E-state index in [0.717, 1.165) is 47.6 Å². The molecule has 0 radical (unpaired) electrons. The molecule has 15 N–H and O–H groups in total. The molecule has 10 rings (SSSR count). The molecule has 80 heavy (non-hydrogen) atoms. The van der Waals surface area contributed by atoms with Gasteiger partial charge in [-0.25, -0.2) is 39.3 Å². The Hall–Kier alpha value is -6.78. The first-order valence-electron chi connectivity index (χ1n) is 23.8. The maximum Gasteiger partial charge on any atom is 0.362 e. The van der Waals surface area contributed by atoms with Gasteiger partial charge in [-0.05, 0) is 41.2 Å². The van der Waals surface area contributed by atoms with Crippen LogP contribution >= 0.6 is 0 Å². The minimum absolute atomic E-state index is 0.00873. The van der Waals surface area contributed by atoms with Gasteiger partial charge in [0, 0.05) is 24.9 Å². The van der Waals surface area contributed by atoms with E-state index in [4.69, 9.17) is 25.1 Å². The number of imidazole rings is 2. The predicted octanol–water partition coefficient (Wildman–Crippen LogP) is -2.94. The fourth-order valence-electron chi connectivity index (χ4n) is 10.2. The molecule has 4 aromatic heterocycles. The summed E-state index contributed by atoms with van der Waals surface area (Å²) in [6.45, 7) is -1.78. The molecule has 2 aromatic carbocycles. The number of alkyl halides is 4. The second-order valence-corrected chi connectivity index (χ2v) is 22.1. The lowest BCUT2D eigenvalue weighted by Gasteiger charge is -2.31. The summed E-state index contributed by atoms with van der Waals surface area (Å²) in [5.74, 6) is -12.0. The largest absolute Gasteiger partial charge is 0.387 e. The van der Waals surface area contributed by atoms with Crippen LogP contribution in [0.4, 0.5) is 29.2 Å². The van der Waals surface area contributed by atoms with Gasteiger partial charge < -0.3 is 61.8 Å². The van der Waals surface area contributed by atoms with Crippen molar-refractivity contribution in [3.63, 3.8) is 0 Å². The molecule has 2 aliphatic carbocycles. The van der Waals surface area contributed by atoms with Crippen LogP contribution in [0.2, 0.25) is 0 Å². The maximum absolute atomic E-state index is 15.9. The van der Waals surface area contributed by atoms with Gasteiger partial charge in [0.1, 0.15) is 66.2 Å². The molecule has 0 spiro atoms. The molecule has 4 aliphatic rings. The van der Waals surface area contributed by atoms with E-state index in [0.29, 0.717) is 0 Å². The Bertz CT molecular complexity index is 3680. The van der Waals surface area contributed by atoms with E-state index < -0.39 is 167 Å². The van der Waals surface area contributed by atoms with Gasteiger partial charge in [-0.15, -0.1) is 0 Å². The molecule has 2 aliphatic heterocycles. The number of rotatable bonds is 17. The molecule has 0 saturated carbocycles. The van der Waals surface area contributed by atoms with Crippen molar-refractivity contribution in [3.05, 3.63) is 83.7 Å². The number of nitrogens with one attached hydrogen (secondary N) is 3. The Kier molecular flexibility index (Phi) is 14.1. The molecule has 12 atom stereocenters. The third-order valence-corrected chi connectivity index (χ3v) is 16.3. The zero-order valence-corrected chi connectivity index (χ0v) is 42.2. The zero-order chi connectivity index (χ0) is 57.8. The number of aliphatic hydroxyl groups excluding tert-OH is 6. The monoisotopic (exact) mass is 1170 g/mol. The highest BCUT2D eigenvalue weighted by Gasteiger charge is 2.66. The van der Waals surface area contributed by atoms with Gasteiger partial charge in [0.2, 0.25) is 11.8 Å². The van der Waals surface area contributed by atoms with Crippen LogP contribution in [0, 0.1) is 0 Å². The van der Waals surface area contributed by atoms with E-state index in [1.165, 1.54) is 27.7 Å². The highest BCUT2D eigenvalue weighted by atomic mass is 32.2. The Morgan fingerprint density at radius 1 is 0.675 bits per heavy atom. The quantitative estimate of drug-likeness (QED) is 0.0407. The van der Waals surface area contributed by atoms with Crippen molar-refractivity contribution in [1.82, 2.24) is 53.2 Å². The second-order valence-electron chi connectivity index (χ2n) is 19.2. The molecular weight excluding hydrogens is 1120 g/mol. The number of carbonyl (C=O) groups excluding carboxylic acids is 2. The lowest BCUT2D eigenvalue weighted by atomic mass is 9.87. The van der Waals surface area contributed by atoms with Crippen molar-refractivity contribution >= 4 is 66.3 Å². The maximum atomic E-state index is 15.9. The van der Waals surface area contributed by atoms with Crippen LogP contribution < -0.4 is 25.6 Å². The third kappa shape index (κ3) is 9.41. The van der Waals surface area contributed by atoms with E-state index >= 15 is 17.6 Å². The first-order valence-corrected chi connectivity index (χ1v) is 26.7. The molecular formula is C44H47F4N13O17S2. The average Bonchev–Trinajstić information content (AvgIpc) is 4.29. The van der Waals surface area contributed by atoms with Crippen molar-refractivity contribution in [2.75, 3.05) is 24.6 Å². The SMILES string of the molecule is Nc1ncnc2c1ncn2[C@@H]1O[C@H](CNS(=O)(=O)NC(=O)CCC2(O)c3ccc(-c4nc(N)c5ncn([C@@H]6O[C@H](COS(=O)(=O)NC(=O)CCC7(O)c8ccccc8C(O)C7(F)F)[C@@H](O)[C@H]6O)c5n4)cc3C(O)C2(F)F)[C@@H](O)[C@H]1O. The molecule has 2 saturated heterocycles. The number of nitrogen functional groups attached to an aromatic ring is 2. The molecule has 4 unspecified atom stereocenters. The van der Waals surface area contributed by atoms with Gasteiger partial charge in [0.15, 0.2) is 52.4 Å². The van der Waals surface area contributed by atoms with E-state index in [9.17, 15) is 67.3 Å². The standard InChI is InChI=1S/C44H47F4N13O17S2/c45-43(46)32(68)18-3-1-2-4-20(18)41(43,70)10-8-25(63)59-80(74,75)76-13-23-29(65)31(67)40(78-23)61-16-54-27-35(50)56-36(57-38(27)61)17-5-6-21-19(11-17)33(69)44(47,48)42(21,71)9-7-24(62)58-79(72,73)55-12-22-28(64)30(66)39(77-22)60-15-53-26-34(49)51-14-52-37(26)60/h1-6,11,14-16,22-23,28-33,39-40,55,64-71H,7-10,12-13H2,(H,58,62)(H,59,63)(H2,49,51,52)(H2,50,56,57)/t22-,23-,28-,29-,30-,31-,32?,33?,39-,40-,41?,42?/m1/s1. The molecule has 0 bridgehead atoms. The Balaban J connectivity index is 0.769. The predicted molar refractivity (Wildman–Crippen MR) is 257 cm³/mol. The van der Waals surface area contributed by atoms with Crippen molar-refractivity contribution in [3.8, 4) is 11.4 Å². The van der Waals surface area contributed by atoms with Gasteiger partial charge in [-0.3, -0.25) is 22.9 Å². The molecule has 430 valence electrons. The number of halogens is 4. The number of hydrogen-bond donors (Lipinski definition) is 13. The van der Waals surface area contributed by atoms with Crippen molar-refractivity contribution in [2.45, 2.75) is 110 Å². The summed E-state index contributed by atoms with van der Waals surface area (Å²) >= 11 is 0. The Morgan fingerprint density at radius 3 is 1.88 bits per heavy atom. The van der Waals surface area contributed by atoms with Crippen LogP contribution in [0.3, 0.4) is 0 Å². The number of ether oxygens (including phenoxy) is 2. The molecule has 2 fully saturated rings. The Morgan fingerprint density at radius 2 is 1.23 bits per heavy atom. The fraction of sp³-hybridized carbons (Fsp3) is 0.455. The number of carbonyl (C=O) groups is 2. The van der Waals surface area contributed by atoms with Gasteiger partial charge in [-0.2, -0.15) is 39.1 Å². The van der Waals surface area contributed by atoms with Crippen LogP contribution in [0.1, 0.15) is 72.6 Å². The number of benzene rings is 2. The highest BCUT2D eigenvalue weighted by Crippen LogP contribution is 2.58. The lowest BCUT2D eigenvalue weighted by Crippen LogP contribution is -2.47. The van der Waals surface area contributed by atoms with Gasteiger partial charge in [-0.1, -0.05) is 36.4 Å². The van der Waals surface area contributed by atoms with Gasteiger partial charge in [0.05, 0.1) is 19.3 Å². The summed E-state index contributed by atoms with van der Waals surface area (Å²) in [4.78, 5) is 50.1. The third-order valence-electron chi connectivity index (χ3n) is 14.4. The highest BCUT2D eigenvalue weighted by molar-refractivity contribution is 7.88. The summed E-state index contributed by atoms with van der Waals surface area (Å²) in [6.07, 6.45) is -19.1.